The Labute approximate surface area is 167 Å². The minimum Gasteiger partial charge on any atom is -0.493 e. The van der Waals surface area contributed by atoms with Gasteiger partial charge in [-0.15, -0.1) is 0 Å². The van der Waals surface area contributed by atoms with Crippen LogP contribution in [-0.2, 0) is 6.54 Å². The number of fused-ring (bicyclic) bond motifs is 1. The summed E-state index contributed by atoms with van der Waals surface area (Å²) in [6, 6.07) is 17.0. The van der Waals surface area contributed by atoms with E-state index in [9.17, 15) is 5.11 Å². The van der Waals surface area contributed by atoms with Gasteiger partial charge < -0.3 is 14.7 Å². The number of hydrogen-bond acceptors (Lipinski definition) is 6. The SMILES string of the molecule is CN(Cc1ccccc1Cl)c1ccc(Oc2nc(O)c3ccncc3n2)cc1. The van der Waals surface area contributed by atoms with Gasteiger partial charge in [-0.3, -0.25) is 4.98 Å². The van der Waals surface area contributed by atoms with Gasteiger partial charge in [0.25, 0.3) is 0 Å². The first-order valence-corrected chi connectivity index (χ1v) is 9.01. The molecule has 0 unspecified atom stereocenters. The molecule has 2 aromatic carbocycles. The molecule has 2 aromatic heterocycles. The molecule has 0 aliphatic heterocycles. The summed E-state index contributed by atoms with van der Waals surface area (Å²) in [6.07, 6.45) is 3.13. The number of hydrogen-bond donors (Lipinski definition) is 1. The minimum absolute atomic E-state index is 0.0650. The smallest absolute Gasteiger partial charge is 0.325 e. The highest BCUT2D eigenvalue weighted by Crippen LogP contribution is 2.27. The van der Waals surface area contributed by atoms with E-state index >= 15 is 0 Å². The Hall–Kier alpha value is -3.38. The second-order valence-electron chi connectivity index (χ2n) is 6.27. The molecular formula is C21H17ClN4O2. The lowest BCUT2D eigenvalue weighted by molar-refractivity contribution is 0.412. The van der Waals surface area contributed by atoms with E-state index in [2.05, 4.69) is 19.9 Å². The van der Waals surface area contributed by atoms with Crippen molar-refractivity contribution >= 4 is 28.2 Å². The van der Waals surface area contributed by atoms with Crippen molar-refractivity contribution in [3.05, 3.63) is 77.6 Å². The lowest BCUT2D eigenvalue weighted by Gasteiger charge is -2.20. The molecule has 4 rings (SSSR count). The predicted octanol–water partition coefficient (Wildman–Crippen LogP) is 4.81. The number of rotatable bonds is 5. The maximum atomic E-state index is 10.0. The Morgan fingerprint density at radius 1 is 1.04 bits per heavy atom. The molecule has 0 fully saturated rings. The predicted molar refractivity (Wildman–Crippen MR) is 109 cm³/mol. The summed E-state index contributed by atoms with van der Waals surface area (Å²) >= 11 is 6.24. The Bertz CT molecular complexity index is 1120. The lowest BCUT2D eigenvalue weighted by atomic mass is 10.2. The van der Waals surface area contributed by atoms with Crippen LogP contribution in [0.4, 0.5) is 5.69 Å². The fourth-order valence-corrected chi connectivity index (χ4v) is 3.03. The monoisotopic (exact) mass is 392 g/mol. The van der Waals surface area contributed by atoms with Crippen LogP contribution in [0.15, 0.2) is 67.0 Å². The third kappa shape index (κ3) is 3.82. The fourth-order valence-electron chi connectivity index (χ4n) is 2.84. The third-order valence-corrected chi connectivity index (χ3v) is 4.68. The van der Waals surface area contributed by atoms with E-state index in [1.165, 1.54) is 0 Å². The standard InChI is InChI=1S/C21H17ClN4O2/c1-26(13-14-4-2-3-5-18(14)22)15-6-8-16(9-7-15)28-21-24-19-12-23-11-10-17(19)20(27)25-21/h2-12H,13H2,1H3,(H,24,25,27). The first-order chi connectivity index (χ1) is 13.6. The molecule has 0 radical (unpaired) electrons. The molecule has 28 heavy (non-hydrogen) atoms. The first kappa shape index (κ1) is 18.0. The Morgan fingerprint density at radius 3 is 2.61 bits per heavy atom. The molecule has 7 heteroatoms. The van der Waals surface area contributed by atoms with Crippen molar-refractivity contribution in [2.24, 2.45) is 0 Å². The normalized spacial score (nSPS) is 10.8. The van der Waals surface area contributed by atoms with Gasteiger partial charge in [-0.2, -0.15) is 9.97 Å². The van der Waals surface area contributed by atoms with Crippen molar-refractivity contribution in [1.29, 1.82) is 0 Å². The number of anilines is 1. The summed E-state index contributed by atoms with van der Waals surface area (Å²) in [4.78, 5) is 14.4. The van der Waals surface area contributed by atoms with Crippen molar-refractivity contribution in [2.45, 2.75) is 6.54 Å². The minimum atomic E-state index is -0.140. The van der Waals surface area contributed by atoms with Crippen LogP contribution in [0.25, 0.3) is 10.9 Å². The molecule has 0 atom stereocenters. The van der Waals surface area contributed by atoms with Gasteiger partial charge in [0, 0.05) is 30.5 Å². The van der Waals surface area contributed by atoms with E-state index in [4.69, 9.17) is 16.3 Å². The maximum Gasteiger partial charge on any atom is 0.325 e. The van der Waals surface area contributed by atoms with E-state index in [1.54, 1.807) is 18.5 Å². The van der Waals surface area contributed by atoms with E-state index < -0.39 is 0 Å². The molecule has 1 N–H and O–H groups in total. The van der Waals surface area contributed by atoms with Crippen LogP contribution in [0.2, 0.25) is 5.02 Å². The number of aromatic nitrogens is 3. The van der Waals surface area contributed by atoms with Gasteiger partial charge in [-0.05, 0) is 42.0 Å². The average molecular weight is 393 g/mol. The van der Waals surface area contributed by atoms with Gasteiger partial charge in [-0.25, -0.2) is 0 Å². The molecular weight excluding hydrogens is 376 g/mol. The molecule has 0 aliphatic carbocycles. The molecule has 4 aromatic rings. The molecule has 0 aliphatic rings. The average Bonchev–Trinajstić information content (AvgIpc) is 2.70. The summed E-state index contributed by atoms with van der Waals surface area (Å²) in [5, 5.41) is 11.3. The highest BCUT2D eigenvalue weighted by atomic mass is 35.5. The molecule has 0 amide bonds. The molecule has 0 bridgehead atoms. The van der Waals surface area contributed by atoms with Gasteiger partial charge in [-0.1, -0.05) is 29.8 Å². The summed E-state index contributed by atoms with van der Waals surface area (Å²) < 4.78 is 5.69. The number of benzene rings is 2. The number of halogens is 1. The quantitative estimate of drug-likeness (QED) is 0.525. The Kier molecular flexibility index (Phi) is 4.95. The zero-order chi connectivity index (χ0) is 19.5. The van der Waals surface area contributed by atoms with Crippen LogP contribution in [0.5, 0.6) is 17.6 Å². The zero-order valence-electron chi connectivity index (χ0n) is 15.1. The molecule has 140 valence electrons. The largest absolute Gasteiger partial charge is 0.493 e. The van der Waals surface area contributed by atoms with Crippen molar-refractivity contribution in [3.8, 4) is 17.6 Å². The van der Waals surface area contributed by atoms with Crippen LogP contribution in [0.3, 0.4) is 0 Å². The van der Waals surface area contributed by atoms with Crippen molar-refractivity contribution in [1.82, 2.24) is 15.0 Å². The molecule has 2 heterocycles. The molecule has 0 saturated heterocycles. The number of nitrogens with zero attached hydrogens (tertiary/aromatic N) is 4. The summed E-state index contributed by atoms with van der Waals surface area (Å²) in [7, 11) is 2.00. The van der Waals surface area contributed by atoms with Crippen molar-refractivity contribution < 1.29 is 9.84 Å². The zero-order valence-corrected chi connectivity index (χ0v) is 15.8. The van der Waals surface area contributed by atoms with Gasteiger partial charge in [0.2, 0.25) is 5.88 Å². The third-order valence-electron chi connectivity index (χ3n) is 4.31. The van der Waals surface area contributed by atoms with Crippen LogP contribution in [0, 0.1) is 0 Å². The topological polar surface area (TPSA) is 71.4 Å². The molecule has 0 spiro atoms. The van der Waals surface area contributed by atoms with Crippen molar-refractivity contribution in [2.75, 3.05) is 11.9 Å². The molecule has 0 saturated carbocycles. The van der Waals surface area contributed by atoms with Crippen LogP contribution in [0.1, 0.15) is 5.56 Å². The Morgan fingerprint density at radius 2 is 1.82 bits per heavy atom. The van der Waals surface area contributed by atoms with Gasteiger partial charge in [0.05, 0.1) is 17.1 Å². The second kappa shape index (κ2) is 7.70. The van der Waals surface area contributed by atoms with E-state index in [0.717, 1.165) is 16.3 Å². The van der Waals surface area contributed by atoms with E-state index in [1.807, 2.05) is 55.6 Å². The van der Waals surface area contributed by atoms with Crippen LogP contribution < -0.4 is 9.64 Å². The van der Waals surface area contributed by atoms with Gasteiger partial charge >= 0.3 is 6.01 Å². The summed E-state index contributed by atoms with van der Waals surface area (Å²) in [5.41, 5.74) is 2.58. The summed E-state index contributed by atoms with van der Waals surface area (Å²) in [6.45, 7) is 0.689. The van der Waals surface area contributed by atoms with Crippen molar-refractivity contribution in [3.63, 3.8) is 0 Å². The Balaban J connectivity index is 1.50. The lowest BCUT2D eigenvalue weighted by Crippen LogP contribution is -2.16. The number of aromatic hydroxyl groups is 1. The van der Waals surface area contributed by atoms with Crippen LogP contribution in [-0.4, -0.2) is 27.1 Å². The highest BCUT2D eigenvalue weighted by Gasteiger charge is 2.10. The van der Waals surface area contributed by atoms with Crippen LogP contribution >= 0.6 is 11.6 Å². The van der Waals surface area contributed by atoms with E-state index in [0.29, 0.717) is 23.2 Å². The number of pyridine rings is 1. The number of ether oxygens (including phenoxy) is 1. The first-order valence-electron chi connectivity index (χ1n) is 8.63. The highest BCUT2D eigenvalue weighted by molar-refractivity contribution is 6.31. The fraction of sp³-hybridized carbons (Fsp3) is 0.0952. The van der Waals surface area contributed by atoms with Gasteiger partial charge in [0.1, 0.15) is 5.75 Å². The summed E-state index contributed by atoms with van der Waals surface area (Å²) in [5.74, 6) is 0.427. The second-order valence-corrected chi connectivity index (χ2v) is 6.67. The molecule has 6 nitrogen and oxygen atoms in total. The maximum absolute atomic E-state index is 10.0. The van der Waals surface area contributed by atoms with Gasteiger partial charge in [0.15, 0.2) is 0 Å². The van der Waals surface area contributed by atoms with E-state index in [-0.39, 0.29) is 11.9 Å².